The third-order valence-electron chi connectivity index (χ3n) is 4.29. The molecule has 0 radical (unpaired) electrons. The molecule has 1 atom stereocenters. The second-order valence-corrected chi connectivity index (χ2v) is 7.71. The number of rotatable bonds is 10. The van der Waals surface area contributed by atoms with Gasteiger partial charge in [0.05, 0.1) is 11.5 Å². The van der Waals surface area contributed by atoms with E-state index < -0.39 is 29.6 Å². The summed E-state index contributed by atoms with van der Waals surface area (Å²) in [6, 6.07) is 0. The lowest BCUT2D eigenvalue weighted by atomic mass is 9.98. The van der Waals surface area contributed by atoms with Crippen LogP contribution in [0.2, 0.25) is 0 Å². The highest BCUT2D eigenvalue weighted by molar-refractivity contribution is 5.93. The summed E-state index contributed by atoms with van der Waals surface area (Å²) in [4.78, 5) is 38.4. The molecule has 0 aromatic carbocycles. The monoisotopic (exact) mass is 436 g/mol. The van der Waals surface area contributed by atoms with Crippen molar-refractivity contribution in [3.8, 4) is 0 Å². The zero-order chi connectivity index (χ0) is 23.9. The van der Waals surface area contributed by atoms with Gasteiger partial charge in [-0.3, -0.25) is 14.4 Å². The molecule has 0 aliphatic carbocycles. The smallest absolute Gasteiger partial charge is 0.311 e. The summed E-state index contributed by atoms with van der Waals surface area (Å²) >= 11 is 0. The van der Waals surface area contributed by atoms with Crippen molar-refractivity contribution in [1.82, 2.24) is 20.4 Å². The summed E-state index contributed by atoms with van der Waals surface area (Å²) in [5.74, 6) is -2.00. The fraction of sp³-hybridized carbons (Fsp3) is 0.571. The van der Waals surface area contributed by atoms with Gasteiger partial charge in [-0.15, -0.1) is 10.2 Å². The maximum atomic E-state index is 12.9. The van der Waals surface area contributed by atoms with Crippen molar-refractivity contribution < 1.29 is 28.3 Å². The van der Waals surface area contributed by atoms with Crippen LogP contribution < -0.4 is 5.32 Å². The van der Waals surface area contributed by atoms with Crippen LogP contribution in [0.1, 0.15) is 64.5 Å². The third kappa shape index (κ3) is 6.94. The molecule has 31 heavy (non-hydrogen) atoms. The van der Waals surface area contributed by atoms with E-state index in [0.29, 0.717) is 12.1 Å². The van der Waals surface area contributed by atoms with Crippen molar-refractivity contribution in [3.05, 3.63) is 35.9 Å². The van der Waals surface area contributed by atoms with E-state index in [1.807, 2.05) is 0 Å². The van der Waals surface area contributed by atoms with E-state index in [0.717, 1.165) is 0 Å². The highest BCUT2D eigenvalue weighted by atomic mass is 16.7. The molecule has 0 saturated heterocycles. The minimum absolute atomic E-state index is 0.180. The van der Waals surface area contributed by atoms with Crippen molar-refractivity contribution in [3.63, 3.8) is 0 Å². The van der Waals surface area contributed by atoms with Crippen LogP contribution in [0.4, 0.5) is 0 Å². The number of amides is 2. The van der Waals surface area contributed by atoms with Crippen molar-refractivity contribution >= 4 is 17.8 Å². The molecule has 0 saturated carbocycles. The van der Waals surface area contributed by atoms with Gasteiger partial charge >= 0.3 is 17.8 Å². The molecular weight excluding hydrogens is 404 g/mol. The summed E-state index contributed by atoms with van der Waals surface area (Å²) in [5, 5.41) is 10.1. The van der Waals surface area contributed by atoms with E-state index in [9.17, 15) is 14.4 Å². The molecular formula is C21H32N4O6. The van der Waals surface area contributed by atoms with Gasteiger partial charge in [-0.05, 0) is 20.8 Å². The molecule has 0 aliphatic heterocycles. The molecule has 10 heteroatoms. The Morgan fingerprint density at radius 1 is 1.26 bits per heavy atom. The third-order valence-corrected chi connectivity index (χ3v) is 4.29. The SMILES string of the molecule is C=C(OC(CC)OC(=O)C(C)C)C(=O)N(C)C(=CC)C(C)(C)NC(=O)c1nnc(C)o1. The lowest BCUT2D eigenvalue weighted by molar-refractivity contribution is -0.177. The second kappa shape index (κ2) is 10.7. The number of hydrogen-bond acceptors (Lipinski definition) is 8. The lowest BCUT2D eigenvalue weighted by Gasteiger charge is -2.34. The number of ether oxygens (including phenoxy) is 2. The van der Waals surface area contributed by atoms with E-state index in [2.05, 4.69) is 22.1 Å². The first-order valence-electron chi connectivity index (χ1n) is 9.97. The summed E-state index contributed by atoms with van der Waals surface area (Å²) in [6.45, 7) is 15.6. The second-order valence-electron chi connectivity index (χ2n) is 7.71. The zero-order valence-corrected chi connectivity index (χ0v) is 19.4. The van der Waals surface area contributed by atoms with Gasteiger partial charge < -0.3 is 24.1 Å². The van der Waals surface area contributed by atoms with Crippen molar-refractivity contribution in [2.24, 2.45) is 5.92 Å². The molecule has 0 bridgehead atoms. The van der Waals surface area contributed by atoms with E-state index in [-0.39, 0.29) is 23.5 Å². The topological polar surface area (TPSA) is 124 Å². The van der Waals surface area contributed by atoms with Crippen LogP contribution in [0, 0.1) is 12.8 Å². The van der Waals surface area contributed by atoms with Gasteiger partial charge in [0.15, 0.2) is 5.76 Å². The Labute approximate surface area is 182 Å². The largest absolute Gasteiger partial charge is 0.450 e. The Bertz CT molecular complexity index is 856. The maximum Gasteiger partial charge on any atom is 0.311 e. The molecule has 1 aromatic rings. The summed E-state index contributed by atoms with van der Waals surface area (Å²) in [7, 11) is 1.53. The molecule has 0 fully saturated rings. The Balaban J connectivity index is 2.89. The van der Waals surface area contributed by atoms with Crippen molar-refractivity contribution in [1.29, 1.82) is 0 Å². The Kier molecular flexibility index (Phi) is 8.96. The number of likely N-dealkylation sites (N-methyl/N-ethyl adjacent to an activating group) is 1. The van der Waals surface area contributed by atoms with E-state index in [1.54, 1.807) is 54.5 Å². The number of carbonyl (C=O) groups excluding carboxylic acids is 3. The minimum Gasteiger partial charge on any atom is -0.450 e. The Morgan fingerprint density at radius 2 is 1.87 bits per heavy atom. The van der Waals surface area contributed by atoms with Crippen LogP contribution in [0.25, 0.3) is 0 Å². The lowest BCUT2D eigenvalue weighted by Crippen LogP contribution is -2.50. The summed E-state index contributed by atoms with van der Waals surface area (Å²) in [6.07, 6.45) is 1.10. The van der Waals surface area contributed by atoms with E-state index in [4.69, 9.17) is 13.9 Å². The van der Waals surface area contributed by atoms with Gasteiger partial charge in [-0.2, -0.15) is 0 Å². The molecule has 1 heterocycles. The van der Waals surface area contributed by atoms with Gasteiger partial charge in [0, 0.05) is 26.1 Å². The molecule has 1 unspecified atom stereocenters. The van der Waals surface area contributed by atoms with Crippen LogP contribution in [0.3, 0.4) is 0 Å². The van der Waals surface area contributed by atoms with Crippen LogP contribution in [-0.2, 0) is 19.1 Å². The maximum absolute atomic E-state index is 12.9. The van der Waals surface area contributed by atoms with E-state index >= 15 is 0 Å². The van der Waals surface area contributed by atoms with Crippen molar-refractivity contribution in [2.45, 2.75) is 66.7 Å². The molecule has 0 aliphatic rings. The molecule has 0 spiro atoms. The molecule has 2 amide bonds. The zero-order valence-electron chi connectivity index (χ0n) is 19.4. The van der Waals surface area contributed by atoms with Gasteiger partial charge in [0.1, 0.15) is 0 Å². The number of aromatic nitrogens is 2. The van der Waals surface area contributed by atoms with Crippen LogP contribution >= 0.6 is 0 Å². The normalized spacial score (nSPS) is 12.9. The van der Waals surface area contributed by atoms with Crippen LogP contribution in [-0.4, -0.2) is 51.8 Å². The summed E-state index contributed by atoms with van der Waals surface area (Å²) in [5.41, 5.74) is -0.508. The number of allylic oxidation sites excluding steroid dienone is 1. The first-order chi connectivity index (χ1) is 14.3. The number of esters is 1. The fourth-order valence-electron chi connectivity index (χ4n) is 2.73. The number of nitrogens with one attached hydrogen (secondary N) is 1. The average Bonchev–Trinajstić information content (AvgIpc) is 3.12. The molecule has 1 aromatic heterocycles. The first kappa shape index (κ1) is 25.9. The molecule has 10 nitrogen and oxygen atoms in total. The van der Waals surface area contributed by atoms with Gasteiger partial charge in [0.25, 0.3) is 5.91 Å². The quantitative estimate of drug-likeness (QED) is 0.257. The standard InChI is InChI=1S/C21H32N4O6/c1-10-15(21(7,8)22-17(26)18-24-23-14(6)30-18)25(9)19(27)13(5)29-16(11-2)31-20(28)12(3)4/h10,12,16H,5,11H2,1-4,6-9H3,(H,22,26). The number of nitrogens with zero attached hydrogens (tertiary/aromatic N) is 3. The number of hydrogen-bond donors (Lipinski definition) is 1. The number of aryl methyl sites for hydroxylation is 1. The first-order valence-corrected chi connectivity index (χ1v) is 9.97. The minimum atomic E-state index is -0.979. The molecule has 1 N–H and O–H groups in total. The van der Waals surface area contributed by atoms with E-state index in [1.165, 1.54) is 11.9 Å². The van der Waals surface area contributed by atoms with Crippen LogP contribution in [0.5, 0.6) is 0 Å². The number of carbonyl (C=O) groups is 3. The van der Waals surface area contributed by atoms with Gasteiger partial charge in [0.2, 0.25) is 12.2 Å². The Morgan fingerprint density at radius 3 is 2.32 bits per heavy atom. The predicted molar refractivity (Wildman–Crippen MR) is 112 cm³/mol. The van der Waals surface area contributed by atoms with Gasteiger partial charge in [-0.25, -0.2) is 0 Å². The summed E-state index contributed by atoms with van der Waals surface area (Å²) < 4.78 is 15.9. The molecule has 1 rings (SSSR count). The molecule has 172 valence electrons. The Hall–Kier alpha value is -3.17. The van der Waals surface area contributed by atoms with Crippen LogP contribution in [0.15, 0.2) is 28.5 Å². The average molecular weight is 437 g/mol. The predicted octanol–water partition coefficient (Wildman–Crippen LogP) is 2.71. The highest BCUT2D eigenvalue weighted by Gasteiger charge is 2.33. The van der Waals surface area contributed by atoms with Gasteiger partial charge in [-0.1, -0.05) is 33.4 Å². The highest BCUT2D eigenvalue weighted by Crippen LogP contribution is 2.22. The fourth-order valence-corrected chi connectivity index (χ4v) is 2.73. The van der Waals surface area contributed by atoms with Crippen molar-refractivity contribution in [2.75, 3.05) is 7.05 Å².